The molecule has 0 saturated carbocycles. The van der Waals surface area contributed by atoms with Crippen LogP contribution in [0.1, 0.15) is 51.7 Å². The fourth-order valence-electron chi connectivity index (χ4n) is 2.36. The van der Waals surface area contributed by atoms with Crippen LogP contribution in [0.2, 0.25) is 5.02 Å². The lowest BCUT2D eigenvalue weighted by molar-refractivity contribution is 0.389. The van der Waals surface area contributed by atoms with Gasteiger partial charge in [-0.15, -0.1) is 0 Å². The lowest BCUT2D eigenvalue weighted by Crippen LogP contribution is -2.33. The molecule has 0 heterocycles. The molecule has 0 radical (unpaired) electrons. The lowest BCUT2D eigenvalue weighted by atomic mass is 9.79. The number of rotatable bonds is 6. The SMILES string of the molecule is CCCNC(C)CC(C)(C)c1ccc(C)c(Cl)c1. The fraction of sp³-hybridized carbons (Fsp3) is 0.625. The summed E-state index contributed by atoms with van der Waals surface area (Å²) in [6.45, 7) is 12.2. The summed E-state index contributed by atoms with van der Waals surface area (Å²) in [5, 5.41) is 4.42. The maximum atomic E-state index is 6.22. The summed E-state index contributed by atoms with van der Waals surface area (Å²) in [6, 6.07) is 6.96. The molecule has 1 aromatic carbocycles. The average molecular weight is 268 g/mol. The summed E-state index contributed by atoms with van der Waals surface area (Å²) < 4.78 is 0. The first kappa shape index (κ1) is 15.5. The largest absolute Gasteiger partial charge is 0.314 e. The molecule has 1 aromatic rings. The number of hydrogen-bond donors (Lipinski definition) is 1. The van der Waals surface area contributed by atoms with Gasteiger partial charge in [-0.05, 0) is 55.8 Å². The van der Waals surface area contributed by atoms with Gasteiger partial charge >= 0.3 is 0 Å². The van der Waals surface area contributed by atoms with Gasteiger partial charge in [-0.25, -0.2) is 0 Å². The molecule has 0 aliphatic heterocycles. The number of benzene rings is 1. The number of nitrogens with one attached hydrogen (secondary N) is 1. The van der Waals surface area contributed by atoms with Crippen molar-refractivity contribution in [3.05, 3.63) is 34.3 Å². The molecule has 0 aliphatic carbocycles. The highest BCUT2D eigenvalue weighted by Crippen LogP contribution is 2.31. The lowest BCUT2D eigenvalue weighted by Gasteiger charge is -2.29. The summed E-state index contributed by atoms with van der Waals surface area (Å²) in [5.41, 5.74) is 2.62. The van der Waals surface area contributed by atoms with Crippen molar-refractivity contribution in [1.82, 2.24) is 5.32 Å². The Morgan fingerprint density at radius 3 is 2.56 bits per heavy atom. The van der Waals surface area contributed by atoms with E-state index in [9.17, 15) is 0 Å². The predicted molar refractivity (Wildman–Crippen MR) is 81.6 cm³/mol. The van der Waals surface area contributed by atoms with Gasteiger partial charge in [0.2, 0.25) is 0 Å². The molecular formula is C16H26ClN. The van der Waals surface area contributed by atoms with Gasteiger partial charge in [-0.2, -0.15) is 0 Å². The second kappa shape index (κ2) is 6.58. The zero-order valence-corrected chi connectivity index (χ0v) is 13.1. The first-order valence-corrected chi connectivity index (χ1v) is 7.24. The van der Waals surface area contributed by atoms with E-state index in [1.807, 2.05) is 6.92 Å². The zero-order valence-electron chi connectivity index (χ0n) is 12.3. The van der Waals surface area contributed by atoms with E-state index in [1.165, 1.54) is 12.0 Å². The zero-order chi connectivity index (χ0) is 13.8. The van der Waals surface area contributed by atoms with E-state index in [4.69, 9.17) is 11.6 Å². The highest BCUT2D eigenvalue weighted by Gasteiger charge is 2.23. The Balaban J connectivity index is 2.75. The molecule has 1 rings (SSSR count). The van der Waals surface area contributed by atoms with Gasteiger partial charge in [-0.3, -0.25) is 0 Å². The third kappa shape index (κ3) is 4.29. The normalized spacial score (nSPS) is 13.7. The molecule has 2 heteroatoms. The van der Waals surface area contributed by atoms with Crippen molar-refractivity contribution in [2.24, 2.45) is 0 Å². The number of halogens is 1. The Kier molecular flexibility index (Phi) is 5.68. The van der Waals surface area contributed by atoms with E-state index in [0.717, 1.165) is 23.6 Å². The van der Waals surface area contributed by atoms with Crippen LogP contribution in [0.25, 0.3) is 0 Å². The summed E-state index contributed by atoms with van der Waals surface area (Å²) >= 11 is 6.22. The molecule has 0 aromatic heterocycles. The van der Waals surface area contributed by atoms with Gasteiger partial charge in [0.05, 0.1) is 0 Å². The van der Waals surface area contributed by atoms with Gasteiger partial charge in [0.1, 0.15) is 0 Å². The van der Waals surface area contributed by atoms with Crippen molar-refractivity contribution in [3.63, 3.8) is 0 Å². The quantitative estimate of drug-likeness (QED) is 0.788. The van der Waals surface area contributed by atoms with E-state index in [0.29, 0.717) is 6.04 Å². The molecule has 1 nitrogen and oxygen atoms in total. The molecule has 0 amide bonds. The van der Waals surface area contributed by atoms with Crippen molar-refractivity contribution in [2.45, 2.75) is 58.9 Å². The third-order valence-electron chi connectivity index (χ3n) is 3.51. The van der Waals surface area contributed by atoms with Crippen LogP contribution in [0.3, 0.4) is 0 Å². The summed E-state index contributed by atoms with van der Waals surface area (Å²) in [5.74, 6) is 0. The second-order valence-corrected chi connectivity index (χ2v) is 6.31. The Morgan fingerprint density at radius 1 is 1.33 bits per heavy atom. The molecule has 1 atom stereocenters. The first-order valence-electron chi connectivity index (χ1n) is 6.87. The van der Waals surface area contributed by atoms with Crippen LogP contribution >= 0.6 is 11.6 Å². The Morgan fingerprint density at radius 2 is 2.00 bits per heavy atom. The Bertz CT molecular complexity index is 385. The Hall–Kier alpha value is -0.530. The third-order valence-corrected chi connectivity index (χ3v) is 3.92. The van der Waals surface area contributed by atoms with E-state index < -0.39 is 0 Å². The van der Waals surface area contributed by atoms with Crippen LogP contribution in [-0.2, 0) is 5.41 Å². The molecule has 0 fully saturated rings. The van der Waals surface area contributed by atoms with Gasteiger partial charge in [0.15, 0.2) is 0 Å². The smallest absolute Gasteiger partial charge is 0.0438 e. The van der Waals surface area contributed by atoms with Gasteiger partial charge in [0.25, 0.3) is 0 Å². The van der Waals surface area contributed by atoms with E-state index >= 15 is 0 Å². The van der Waals surface area contributed by atoms with Crippen molar-refractivity contribution >= 4 is 11.6 Å². The molecule has 0 saturated heterocycles. The minimum absolute atomic E-state index is 0.150. The highest BCUT2D eigenvalue weighted by atomic mass is 35.5. The van der Waals surface area contributed by atoms with Crippen molar-refractivity contribution in [2.75, 3.05) is 6.54 Å². The topological polar surface area (TPSA) is 12.0 Å². The summed E-state index contributed by atoms with van der Waals surface area (Å²) in [4.78, 5) is 0. The molecule has 0 spiro atoms. The molecule has 0 bridgehead atoms. The number of aryl methyl sites for hydroxylation is 1. The van der Waals surface area contributed by atoms with Crippen LogP contribution in [0.5, 0.6) is 0 Å². The molecule has 102 valence electrons. The minimum Gasteiger partial charge on any atom is -0.314 e. The molecule has 0 aliphatic rings. The van der Waals surface area contributed by atoms with Crippen molar-refractivity contribution < 1.29 is 0 Å². The van der Waals surface area contributed by atoms with Crippen LogP contribution in [0.4, 0.5) is 0 Å². The second-order valence-electron chi connectivity index (χ2n) is 5.91. The maximum Gasteiger partial charge on any atom is 0.0438 e. The van der Waals surface area contributed by atoms with Gasteiger partial charge in [0, 0.05) is 11.1 Å². The van der Waals surface area contributed by atoms with Gasteiger partial charge < -0.3 is 5.32 Å². The Labute approximate surface area is 117 Å². The van der Waals surface area contributed by atoms with Gasteiger partial charge in [-0.1, -0.05) is 44.5 Å². The van der Waals surface area contributed by atoms with Crippen LogP contribution in [-0.4, -0.2) is 12.6 Å². The summed E-state index contributed by atoms with van der Waals surface area (Å²) in [7, 11) is 0. The average Bonchev–Trinajstić information content (AvgIpc) is 2.29. The molecule has 18 heavy (non-hydrogen) atoms. The molecule has 1 unspecified atom stereocenters. The van der Waals surface area contributed by atoms with Crippen LogP contribution in [0.15, 0.2) is 18.2 Å². The predicted octanol–water partition coefficient (Wildman–Crippen LogP) is 4.70. The monoisotopic (exact) mass is 267 g/mol. The number of hydrogen-bond acceptors (Lipinski definition) is 1. The highest BCUT2D eigenvalue weighted by molar-refractivity contribution is 6.31. The first-order chi connectivity index (χ1) is 8.36. The van der Waals surface area contributed by atoms with E-state index in [1.54, 1.807) is 0 Å². The van der Waals surface area contributed by atoms with Crippen molar-refractivity contribution in [1.29, 1.82) is 0 Å². The van der Waals surface area contributed by atoms with Crippen LogP contribution in [0, 0.1) is 6.92 Å². The fourth-order valence-corrected chi connectivity index (χ4v) is 2.54. The molecular weight excluding hydrogens is 242 g/mol. The van der Waals surface area contributed by atoms with E-state index in [2.05, 4.69) is 51.2 Å². The maximum absolute atomic E-state index is 6.22. The summed E-state index contributed by atoms with van der Waals surface area (Å²) in [6.07, 6.45) is 2.30. The standard InChI is InChI=1S/C16H26ClN/c1-6-9-18-13(3)11-16(4,5)14-8-7-12(2)15(17)10-14/h7-8,10,13,18H,6,9,11H2,1-5H3. The van der Waals surface area contributed by atoms with E-state index in [-0.39, 0.29) is 5.41 Å². The van der Waals surface area contributed by atoms with Crippen molar-refractivity contribution in [3.8, 4) is 0 Å². The minimum atomic E-state index is 0.150. The van der Waals surface area contributed by atoms with Crippen LogP contribution < -0.4 is 5.32 Å². The molecule has 1 N–H and O–H groups in total.